The molecule has 3 N–H and O–H groups in total. The van der Waals surface area contributed by atoms with Gasteiger partial charge in [0, 0.05) is 41.1 Å². The summed E-state index contributed by atoms with van der Waals surface area (Å²) in [4.78, 5) is 29.9. The van der Waals surface area contributed by atoms with Gasteiger partial charge in [-0.05, 0) is 67.9 Å². The number of carbonyl (C=O) groups is 1. The van der Waals surface area contributed by atoms with E-state index in [1.807, 2.05) is 13.0 Å². The number of halogens is 3. The van der Waals surface area contributed by atoms with E-state index in [1.165, 1.54) is 19.3 Å². The first-order chi connectivity index (χ1) is 19.1. The van der Waals surface area contributed by atoms with Crippen molar-refractivity contribution in [2.75, 3.05) is 10.6 Å². The van der Waals surface area contributed by atoms with Gasteiger partial charge in [0.15, 0.2) is 0 Å². The number of nitrogens with zero attached hydrogens (tertiary/aromatic N) is 5. The third-order valence-electron chi connectivity index (χ3n) is 6.06. The average molecular weight is 546 g/mol. The maximum atomic E-state index is 13.6. The number of carbonyl (C=O) groups excluding carboxylic acids is 1. The summed E-state index contributed by atoms with van der Waals surface area (Å²) in [5.41, 5.74) is 2.11. The zero-order chi connectivity index (χ0) is 28.4. The minimum Gasteiger partial charge on any atom is -0.493 e. The smallest absolute Gasteiger partial charge is 0.416 e. The van der Waals surface area contributed by atoms with Gasteiger partial charge in [-0.25, -0.2) is 15.0 Å². The number of amides is 1. The molecule has 0 atom stereocenters. The highest BCUT2D eigenvalue weighted by Crippen LogP contribution is 2.34. The molecule has 202 valence electrons. The number of benzene rings is 2. The van der Waals surface area contributed by atoms with E-state index >= 15 is 0 Å². The maximum absolute atomic E-state index is 13.6. The van der Waals surface area contributed by atoms with Crippen molar-refractivity contribution in [3.8, 4) is 22.8 Å². The first-order valence-electron chi connectivity index (χ1n) is 12.0. The Morgan fingerprint density at radius 3 is 2.52 bits per heavy atom. The van der Waals surface area contributed by atoms with E-state index in [0.29, 0.717) is 17.3 Å². The third-order valence-corrected chi connectivity index (χ3v) is 6.06. The van der Waals surface area contributed by atoms with E-state index in [1.54, 1.807) is 48.9 Å². The molecule has 0 saturated carbocycles. The van der Waals surface area contributed by atoms with Gasteiger partial charge in [-0.3, -0.25) is 14.3 Å². The summed E-state index contributed by atoms with van der Waals surface area (Å²) in [5.74, 6) is -0.648. The normalized spacial score (nSPS) is 11.3. The minimum atomic E-state index is -4.69. The van der Waals surface area contributed by atoms with Crippen molar-refractivity contribution in [2.24, 2.45) is 0 Å². The van der Waals surface area contributed by atoms with Gasteiger partial charge in [-0.2, -0.15) is 13.2 Å². The molecular formula is C28H22F3N7O2. The fraction of sp³-hybridized carbons (Fsp3) is 0.107. The lowest BCUT2D eigenvalue weighted by Crippen LogP contribution is -2.14. The Balaban J connectivity index is 1.42. The lowest BCUT2D eigenvalue weighted by molar-refractivity contribution is -0.137. The third kappa shape index (κ3) is 5.60. The Bertz CT molecular complexity index is 1700. The molecule has 0 aliphatic rings. The number of hydrogen-bond acceptors (Lipinski definition) is 7. The van der Waals surface area contributed by atoms with Gasteiger partial charge in [-0.1, -0.05) is 6.07 Å². The Hall–Kier alpha value is -5.26. The van der Waals surface area contributed by atoms with Gasteiger partial charge >= 0.3 is 6.18 Å². The molecule has 0 spiro atoms. The number of rotatable bonds is 6. The van der Waals surface area contributed by atoms with Crippen LogP contribution in [0.25, 0.3) is 16.9 Å². The quantitative estimate of drug-likeness (QED) is 0.237. The van der Waals surface area contributed by atoms with E-state index in [-0.39, 0.29) is 28.5 Å². The predicted molar refractivity (Wildman–Crippen MR) is 143 cm³/mol. The summed E-state index contributed by atoms with van der Waals surface area (Å²) in [6.07, 6.45) is 1.44. The average Bonchev–Trinajstić information content (AvgIpc) is 3.27. The molecule has 5 aromatic rings. The van der Waals surface area contributed by atoms with Crippen LogP contribution >= 0.6 is 0 Å². The standard InChI is InChI=1S/C28H22F3N7O2/c1-16-5-6-18(10-24(16)37-27-33-9-7-23(36-27)19-4-3-8-32-14-19)25(39)35-21-11-20(28(29,30)31)12-22(13-21)38-15-34-17(2)26(38)40/h3-15,40H,1-2H3,(H,35,39)(H,33,36,37). The second kappa shape index (κ2) is 10.5. The number of pyridine rings is 1. The lowest BCUT2D eigenvalue weighted by Gasteiger charge is -2.15. The highest BCUT2D eigenvalue weighted by atomic mass is 19.4. The van der Waals surface area contributed by atoms with Crippen molar-refractivity contribution in [3.05, 3.63) is 102 Å². The highest BCUT2D eigenvalue weighted by Gasteiger charge is 2.32. The topological polar surface area (TPSA) is 118 Å². The monoisotopic (exact) mass is 545 g/mol. The number of hydrogen-bond donors (Lipinski definition) is 3. The molecule has 0 aliphatic carbocycles. The lowest BCUT2D eigenvalue weighted by atomic mass is 10.1. The molecule has 40 heavy (non-hydrogen) atoms. The summed E-state index contributed by atoms with van der Waals surface area (Å²) in [5, 5.41) is 15.8. The fourth-order valence-corrected chi connectivity index (χ4v) is 3.92. The number of aromatic nitrogens is 5. The van der Waals surface area contributed by atoms with Crippen molar-refractivity contribution in [1.82, 2.24) is 24.5 Å². The first-order valence-corrected chi connectivity index (χ1v) is 12.0. The Morgan fingerprint density at radius 1 is 1.00 bits per heavy atom. The van der Waals surface area contributed by atoms with Gasteiger partial charge in [0.25, 0.3) is 5.91 Å². The Morgan fingerprint density at radius 2 is 1.82 bits per heavy atom. The van der Waals surface area contributed by atoms with Gasteiger partial charge in [0.05, 0.1) is 22.6 Å². The van der Waals surface area contributed by atoms with E-state index in [0.717, 1.165) is 27.8 Å². The molecule has 12 heteroatoms. The molecule has 3 aromatic heterocycles. The van der Waals surface area contributed by atoms with Crippen LogP contribution in [0.4, 0.5) is 30.5 Å². The van der Waals surface area contributed by atoms with Gasteiger partial charge in [0.1, 0.15) is 6.33 Å². The molecular weight excluding hydrogens is 523 g/mol. The van der Waals surface area contributed by atoms with Crippen LogP contribution in [0.3, 0.4) is 0 Å². The van der Waals surface area contributed by atoms with Gasteiger partial charge in [-0.15, -0.1) is 0 Å². The van der Waals surface area contributed by atoms with Crippen LogP contribution in [0.1, 0.15) is 27.2 Å². The molecule has 3 heterocycles. The molecule has 0 unspecified atom stereocenters. The van der Waals surface area contributed by atoms with Crippen LogP contribution < -0.4 is 10.6 Å². The molecule has 9 nitrogen and oxygen atoms in total. The molecule has 0 saturated heterocycles. The molecule has 0 aliphatic heterocycles. The van der Waals surface area contributed by atoms with Crippen molar-refractivity contribution < 1.29 is 23.1 Å². The van der Waals surface area contributed by atoms with E-state index in [2.05, 4.69) is 30.6 Å². The Labute approximate surface area is 226 Å². The number of nitrogens with one attached hydrogen (secondary N) is 2. The summed E-state index contributed by atoms with van der Waals surface area (Å²) in [6.45, 7) is 3.35. The maximum Gasteiger partial charge on any atom is 0.416 e. The van der Waals surface area contributed by atoms with Crippen molar-refractivity contribution >= 4 is 23.2 Å². The number of aryl methyl sites for hydroxylation is 2. The fourth-order valence-electron chi connectivity index (χ4n) is 3.92. The number of anilines is 3. The highest BCUT2D eigenvalue weighted by molar-refractivity contribution is 6.05. The summed E-state index contributed by atoms with van der Waals surface area (Å²) in [6, 6.07) is 13.2. The van der Waals surface area contributed by atoms with Crippen molar-refractivity contribution in [2.45, 2.75) is 20.0 Å². The summed E-state index contributed by atoms with van der Waals surface area (Å²) in [7, 11) is 0. The second-order valence-corrected chi connectivity index (χ2v) is 8.91. The molecule has 0 radical (unpaired) electrons. The SMILES string of the molecule is Cc1ccc(C(=O)Nc2cc(-n3cnc(C)c3O)cc(C(F)(F)F)c2)cc1Nc1nccc(-c2cccnc2)n1. The first kappa shape index (κ1) is 26.4. The van der Waals surface area contributed by atoms with Crippen LogP contribution in [0.2, 0.25) is 0 Å². The number of aromatic hydroxyl groups is 1. The van der Waals surface area contributed by atoms with Crippen LogP contribution in [0.5, 0.6) is 5.88 Å². The van der Waals surface area contributed by atoms with Crippen molar-refractivity contribution in [3.63, 3.8) is 0 Å². The van der Waals surface area contributed by atoms with Gasteiger partial charge < -0.3 is 15.7 Å². The molecule has 1 amide bonds. The summed E-state index contributed by atoms with van der Waals surface area (Å²) >= 11 is 0. The van der Waals surface area contributed by atoms with E-state index < -0.39 is 17.6 Å². The van der Waals surface area contributed by atoms with Crippen LogP contribution in [0, 0.1) is 13.8 Å². The van der Waals surface area contributed by atoms with E-state index in [9.17, 15) is 23.1 Å². The van der Waals surface area contributed by atoms with Crippen LogP contribution in [0.15, 0.2) is 79.5 Å². The zero-order valence-corrected chi connectivity index (χ0v) is 21.2. The summed E-state index contributed by atoms with van der Waals surface area (Å²) < 4.78 is 42.0. The van der Waals surface area contributed by atoms with Crippen molar-refractivity contribution in [1.29, 1.82) is 0 Å². The molecule has 0 bridgehead atoms. The molecule has 2 aromatic carbocycles. The largest absolute Gasteiger partial charge is 0.493 e. The Kier molecular flexibility index (Phi) is 6.91. The number of imidazole rings is 1. The zero-order valence-electron chi connectivity index (χ0n) is 21.2. The predicted octanol–water partition coefficient (Wildman–Crippen LogP) is 6.06. The van der Waals surface area contributed by atoms with Crippen LogP contribution in [-0.4, -0.2) is 35.5 Å². The van der Waals surface area contributed by atoms with Crippen LogP contribution in [-0.2, 0) is 6.18 Å². The van der Waals surface area contributed by atoms with E-state index in [4.69, 9.17) is 0 Å². The molecule has 5 rings (SSSR count). The second-order valence-electron chi connectivity index (χ2n) is 8.91. The molecule has 0 fully saturated rings. The van der Waals surface area contributed by atoms with Gasteiger partial charge in [0.2, 0.25) is 11.8 Å². The minimum absolute atomic E-state index is 0.0138. The number of alkyl halides is 3.